The number of aromatic nitrogens is 1. The van der Waals surface area contributed by atoms with E-state index in [0.717, 1.165) is 0 Å². The van der Waals surface area contributed by atoms with E-state index in [9.17, 15) is 9.59 Å². The van der Waals surface area contributed by atoms with Crippen molar-refractivity contribution in [2.24, 2.45) is 0 Å². The average Bonchev–Trinajstić information content (AvgIpc) is 2.72. The quantitative estimate of drug-likeness (QED) is 0.616. The smallest absolute Gasteiger partial charge is 0.272 e. The monoisotopic (exact) mass is 393 g/mol. The lowest BCUT2D eigenvalue weighted by Gasteiger charge is -2.22. The predicted octanol–water partition coefficient (Wildman–Crippen LogP) is 0.0596. The summed E-state index contributed by atoms with van der Waals surface area (Å²) in [6.45, 7) is 4.93. The van der Waals surface area contributed by atoms with E-state index in [2.05, 4.69) is 4.98 Å². The van der Waals surface area contributed by atoms with Gasteiger partial charge in [0.15, 0.2) is 0 Å². The van der Waals surface area contributed by atoms with Gasteiger partial charge in [0, 0.05) is 26.2 Å². The van der Waals surface area contributed by atoms with Gasteiger partial charge in [-0.25, -0.2) is 4.98 Å². The Kier molecular flexibility index (Phi) is 8.16. The first-order chi connectivity index (χ1) is 13.8. The van der Waals surface area contributed by atoms with E-state index in [1.165, 1.54) is 0 Å². The van der Waals surface area contributed by atoms with E-state index in [1.54, 1.807) is 28.0 Å². The van der Waals surface area contributed by atoms with Crippen LogP contribution in [0.5, 0.6) is 0 Å². The molecule has 2 aliphatic heterocycles. The predicted molar refractivity (Wildman–Crippen MR) is 99.3 cm³/mol. The van der Waals surface area contributed by atoms with Crippen LogP contribution in [0.25, 0.3) is 0 Å². The van der Waals surface area contributed by atoms with Crippen LogP contribution in [-0.2, 0) is 18.9 Å². The third kappa shape index (κ3) is 5.96. The van der Waals surface area contributed by atoms with Gasteiger partial charge < -0.3 is 28.7 Å². The Morgan fingerprint density at radius 3 is 1.32 bits per heavy atom. The van der Waals surface area contributed by atoms with Crippen molar-refractivity contribution in [2.75, 3.05) is 79.0 Å². The van der Waals surface area contributed by atoms with Crippen molar-refractivity contribution in [2.45, 2.75) is 0 Å². The Morgan fingerprint density at radius 2 is 0.964 bits per heavy atom. The Balaban J connectivity index is 1.90. The van der Waals surface area contributed by atoms with Crippen LogP contribution in [-0.4, -0.2) is 106 Å². The molecular formula is C19H27N3O6. The summed E-state index contributed by atoms with van der Waals surface area (Å²) in [4.78, 5) is 33.5. The molecular weight excluding hydrogens is 366 g/mol. The molecule has 2 aliphatic rings. The van der Waals surface area contributed by atoms with E-state index in [-0.39, 0.29) is 23.2 Å². The minimum absolute atomic E-state index is 0.239. The molecule has 0 aliphatic carbocycles. The molecule has 0 atom stereocenters. The second kappa shape index (κ2) is 11.1. The van der Waals surface area contributed by atoms with Crippen molar-refractivity contribution in [3.63, 3.8) is 0 Å². The zero-order valence-electron chi connectivity index (χ0n) is 16.0. The lowest BCUT2D eigenvalue weighted by atomic mass is 10.2. The number of rotatable bonds is 0. The van der Waals surface area contributed by atoms with E-state index < -0.39 is 0 Å². The second-order valence-electron chi connectivity index (χ2n) is 6.44. The first-order valence-corrected chi connectivity index (χ1v) is 9.62. The highest BCUT2D eigenvalue weighted by Crippen LogP contribution is 2.08. The van der Waals surface area contributed by atoms with Crippen LogP contribution in [0, 0.1) is 0 Å². The summed E-state index contributed by atoms with van der Waals surface area (Å²) in [6.07, 6.45) is 0. The van der Waals surface area contributed by atoms with Crippen LogP contribution in [0.1, 0.15) is 21.0 Å². The summed E-state index contributed by atoms with van der Waals surface area (Å²) in [5.41, 5.74) is 0.478. The molecule has 0 unspecified atom stereocenters. The molecule has 0 aromatic carbocycles. The molecule has 0 fully saturated rings. The molecule has 3 heterocycles. The van der Waals surface area contributed by atoms with E-state index in [1.807, 2.05) is 0 Å². The summed E-state index contributed by atoms with van der Waals surface area (Å²) >= 11 is 0. The lowest BCUT2D eigenvalue weighted by molar-refractivity contribution is 0.00917. The Morgan fingerprint density at radius 1 is 0.607 bits per heavy atom. The van der Waals surface area contributed by atoms with Gasteiger partial charge in [0.2, 0.25) is 0 Å². The Bertz CT molecular complexity index is 585. The van der Waals surface area contributed by atoms with Crippen molar-refractivity contribution >= 4 is 11.8 Å². The van der Waals surface area contributed by atoms with Gasteiger partial charge in [-0.1, -0.05) is 6.07 Å². The van der Waals surface area contributed by atoms with Crippen molar-refractivity contribution in [3.05, 3.63) is 29.6 Å². The van der Waals surface area contributed by atoms with Crippen molar-refractivity contribution in [1.29, 1.82) is 0 Å². The van der Waals surface area contributed by atoms with E-state index in [0.29, 0.717) is 79.0 Å². The molecule has 9 heteroatoms. The molecule has 9 nitrogen and oxygen atoms in total. The van der Waals surface area contributed by atoms with Crippen LogP contribution >= 0.6 is 0 Å². The third-order valence-electron chi connectivity index (χ3n) is 4.53. The molecule has 0 N–H and O–H groups in total. The van der Waals surface area contributed by atoms with Crippen LogP contribution in [0.15, 0.2) is 18.2 Å². The summed E-state index contributed by atoms with van der Waals surface area (Å²) in [5.74, 6) is -0.490. The van der Waals surface area contributed by atoms with E-state index in [4.69, 9.17) is 18.9 Å². The van der Waals surface area contributed by atoms with Crippen LogP contribution in [0.3, 0.4) is 0 Å². The normalized spacial score (nSPS) is 21.4. The lowest BCUT2D eigenvalue weighted by Crippen LogP contribution is -2.38. The van der Waals surface area contributed by atoms with E-state index >= 15 is 0 Å². The number of carbonyl (C=O) groups excluding carboxylic acids is 2. The maximum atomic E-state index is 13.0. The fraction of sp³-hybridized carbons (Fsp3) is 0.632. The van der Waals surface area contributed by atoms with Crippen molar-refractivity contribution in [3.8, 4) is 0 Å². The topological polar surface area (TPSA) is 90.4 Å². The van der Waals surface area contributed by atoms with Gasteiger partial charge in [0.05, 0.1) is 52.9 Å². The Labute approximate surface area is 164 Å². The molecule has 1 aromatic heterocycles. The number of amides is 2. The van der Waals surface area contributed by atoms with Gasteiger partial charge in [-0.2, -0.15) is 0 Å². The molecule has 3 rings (SSSR count). The molecule has 154 valence electrons. The number of hydrogen-bond donors (Lipinski definition) is 0. The molecule has 0 saturated heterocycles. The zero-order chi connectivity index (χ0) is 19.6. The standard InChI is InChI=1S/C19H27N3O6/c23-18-16-2-1-3-17(20-16)19(24)22-6-10-27-14-12-25-8-4-21(18)5-9-26-13-15-28-11-7-22/h1-3H,4-15H2. The highest BCUT2D eigenvalue weighted by molar-refractivity contribution is 5.96. The summed E-state index contributed by atoms with van der Waals surface area (Å²) in [6, 6.07) is 4.93. The first-order valence-electron chi connectivity index (χ1n) is 9.62. The molecule has 2 amide bonds. The first kappa shape index (κ1) is 20.7. The molecule has 0 saturated carbocycles. The number of fused-ring (bicyclic) bond motifs is 2. The second-order valence-corrected chi connectivity index (χ2v) is 6.44. The van der Waals surface area contributed by atoms with Gasteiger partial charge >= 0.3 is 0 Å². The third-order valence-corrected chi connectivity index (χ3v) is 4.53. The zero-order valence-corrected chi connectivity index (χ0v) is 16.0. The minimum atomic E-state index is -0.245. The number of nitrogens with zero attached hydrogens (tertiary/aromatic N) is 3. The van der Waals surface area contributed by atoms with Gasteiger partial charge in [0.1, 0.15) is 11.4 Å². The van der Waals surface area contributed by atoms with Crippen LogP contribution in [0.2, 0.25) is 0 Å². The summed E-state index contributed by atoms with van der Waals surface area (Å²) < 4.78 is 22.3. The average molecular weight is 393 g/mol. The van der Waals surface area contributed by atoms with Gasteiger partial charge in [-0.15, -0.1) is 0 Å². The van der Waals surface area contributed by atoms with Gasteiger partial charge in [0.25, 0.3) is 11.8 Å². The summed E-state index contributed by atoms with van der Waals surface area (Å²) in [5, 5.41) is 0. The highest BCUT2D eigenvalue weighted by Gasteiger charge is 2.22. The summed E-state index contributed by atoms with van der Waals surface area (Å²) in [7, 11) is 0. The van der Waals surface area contributed by atoms with Crippen LogP contribution in [0.4, 0.5) is 0 Å². The Hall–Kier alpha value is -2.07. The van der Waals surface area contributed by atoms with Crippen LogP contribution < -0.4 is 0 Å². The molecule has 0 spiro atoms. The molecule has 28 heavy (non-hydrogen) atoms. The molecule has 1 aromatic rings. The number of hydrogen-bond acceptors (Lipinski definition) is 7. The number of ether oxygens (including phenoxy) is 4. The maximum Gasteiger partial charge on any atom is 0.272 e. The minimum Gasteiger partial charge on any atom is -0.377 e. The SMILES string of the molecule is O=C1c2cccc(n2)C(=O)N2CCOCCOCCN1CCOCCOCC2. The molecule has 4 bridgehead atoms. The largest absolute Gasteiger partial charge is 0.377 e. The fourth-order valence-corrected chi connectivity index (χ4v) is 2.97. The van der Waals surface area contributed by atoms with Gasteiger partial charge in [-0.05, 0) is 12.1 Å². The molecule has 0 radical (unpaired) electrons. The maximum absolute atomic E-state index is 13.0. The van der Waals surface area contributed by atoms with Gasteiger partial charge in [-0.3, -0.25) is 9.59 Å². The number of carbonyl (C=O) groups is 2. The van der Waals surface area contributed by atoms with Crippen molar-refractivity contribution in [1.82, 2.24) is 14.8 Å². The highest BCUT2D eigenvalue weighted by atomic mass is 16.5. The van der Waals surface area contributed by atoms with Crippen molar-refractivity contribution < 1.29 is 28.5 Å². The number of pyridine rings is 1. The fourth-order valence-electron chi connectivity index (χ4n) is 2.97.